The van der Waals surface area contributed by atoms with E-state index in [2.05, 4.69) is 4.98 Å². The molecule has 0 saturated heterocycles. The number of halogens is 2. The Morgan fingerprint density at radius 3 is 2.77 bits per heavy atom. The fourth-order valence-electron chi connectivity index (χ4n) is 0.738. The van der Waals surface area contributed by atoms with Crippen LogP contribution in [0.4, 0.5) is 0 Å². The van der Waals surface area contributed by atoms with Crippen molar-refractivity contribution in [2.75, 3.05) is 6.61 Å². The van der Waals surface area contributed by atoms with E-state index in [1.165, 1.54) is 6.20 Å². The Labute approximate surface area is 88.0 Å². The Kier molecular flexibility index (Phi) is 5.42. The average molecular weight is 221 g/mol. The topological polar surface area (TPSA) is 46.0 Å². The van der Waals surface area contributed by atoms with Crippen LogP contribution in [0.25, 0.3) is 0 Å². The third-order valence-corrected chi connectivity index (χ3v) is 1.50. The van der Waals surface area contributed by atoms with E-state index in [9.17, 15) is 0 Å². The molecule has 13 heavy (non-hydrogen) atoms. The van der Waals surface area contributed by atoms with E-state index in [1.807, 2.05) is 6.92 Å². The number of rotatable bonds is 2. The van der Waals surface area contributed by atoms with Gasteiger partial charge in [-0.25, -0.2) is 4.98 Å². The van der Waals surface area contributed by atoms with Gasteiger partial charge in [0.1, 0.15) is 5.15 Å². The third kappa shape index (κ3) is 3.61. The quantitative estimate of drug-likeness (QED) is 0.473. The highest BCUT2D eigenvalue weighted by Gasteiger charge is 2.00. The van der Waals surface area contributed by atoms with Crippen LogP contribution >= 0.6 is 24.0 Å². The number of nitrogens with one attached hydrogen (secondary N) is 1. The van der Waals surface area contributed by atoms with Crippen molar-refractivity contribution in [2.45, 2.75) is 6.92 Å². The monoisotopic (exact) mass is 220 g/mol. The zero-order valence-corrected chi connectivity index (χ0v) is 8.65. The minimum atomic E-state index is 0. The number of aromatic nitrogens is 1. The van der Waals surface area contributed by atoms with Gasteiger partial charge in [-0.05, 0) is 19.1 Å². The van der Waals surface area contributed by atoms with Crippen molar-refractivity contribution in [3.8, 4) is 0 Å². The molecule has 0 bridgehead atoms. The SMILES string of the molecule is CCOC(=N)c1ccc(Cl)nc1.Cl. The lowest BCUT2D eigenvalue weighted by molar-refractivity contribution is 0.325. The molecule has 1 aromatic heterocycles. The first kappa shape index (κ1) is 12.2. The summed E-state index contributed by atoms with van der Waals surface area (Å²) in [5.74, 6) is 0.127. The number of pyridine rings is 1. The highest BCUT2D eigenvalue weighted by Crippen LogP contribution is 2.05. The van der Waals surface area contributed by atoms with Gasteiger partial charge in [0.15, 0.2) is 0 Å². The lowest BCUT2D eigenvalue weighted by atomic mass is 10.3. The molecule has 0 spiro atoms. The normalized spacial score (nSPS) is 8.77. The van der Waals surface area contributed by atoms with Crippen molar-refractivity contribution < 1.29 is 4.74 Å². The Balaban J connectivity index is 0.00000144. The molecule has 1 heterocycles. The molecule has 3 nitrogen and oxygen atoms in total. The summed E-state index contributed by atoms with van der Waals surface area (Å²) < 4.78 is 4.97. The van der Waals surface area contributed by atoms with Crippen LogP contribution < -0.4 is 0 Å². The Bertz CT molecular complexity index is 274. The molecule has 0 aromatic carbocycles. The van der Waals surface area contributed by atoms with Gasteiger partial charge < -0.3 is 4.74 Å². The van der Waals surface area contributed by atoms with E-state index in [4.69, 9.17) is 21.7 Å². The summed E-state index contributed by atoms with van der Waals surface area (Å²) >= 11 is 5.57. The minimum absolute atomic E-state index is 0. The largest absolute Gasteiger partial charge is 0.478 e. The minimum Gasteiger partial charge on any atom is -0.478 e. The Morgan fingerprint density at radius 2 is 2.31 bits per heavy atom. The van der Waals surface area contributed by atoms with Crippen LogP contribution in [0.15, 0.2) is 18.3 Å². The molecule has 0 unspecified atom stereocenters. The fourth-order valence-corrected chi connectivity index (χ4v) is 0.850. The summed E-state index contributed by atoms with van der Waals surface area (Å²) in [6, 6.07) is 3.33. The summed E-state index contributed by atoms with van der Waals surface area (Å²) in [6.07, 6.45) is 1.51. The van der Waals surface area contributed by atoms with Gasteiger partial charge in [0.25, 0.3) is 0 Å². The molecule has 0 atom stereocenters. The molecule has 5 heteroatoms. The van der Waals surface area contributed by atoms with Crippen molar-refractivity contribution in [1.29, 1.82) is 5.41 Å². The van der Waals surface area contributed by atoms with Crippen molar-refractivity contribution in [3.05, 3.63) is 29.0 Å². The first-order valence-corrected chi connectivity index (χ1v) is 3.95. The van der Waals surface area contributed by atoms with E-state index in [-0.39, 0.29) is 18.3 Å². The predicted octanol–water partition coefficient (Wildman–Crippen LogP) is 2.52. The smallest absolute Gasteiger partial charge is 0.214 e. The predicted molar refractivity (Wildman–Crippen MR) is 54.9 cm³/mol. The zero-order valence-electron chi connectivity index (χ0n) is 7.08. The third-order valence-electron chi connectivity index (χ3n) is 1.28. The molecule has 0 aliphatic carbocycles. The number of nitrogens with zero attached hydrogens (tertiary/aromatic N) is 1. The van der Waals surface area contributed by atoms with Gasteiger partial charge in [-0.3, -0.25) is 5.41 Å². The van der Waals surface area contributed by atoms with Gasteiger partial charge in [-0.2, -0.15) is 0 Å². The van der Waals surface area contributed by atoms with E-state index < -0.39 is 0 Å². The van der Waals surface area contributed by atoms with Crippen molar-refractivity contribution >= 4 is 29.9 Å². The lowest BCUT2D eigenvalue weighted by Gasteiger charge is -2.03. The van der Waals surface area contributed by atoms with E-state index in [0.29, 0.717) is 17.3 Å². The van der Waals surface area contributed by atoms with Gasteiger partial charge in [-0.15, -0.1) is 12.4 Å². The van der Waals surface area contributed by atoms with Gasteiger partial charge in [0, 0.05) is 6.20 Å². The van der Waals surface area contributed by atoms with Crippen LogP contribution in [0.1, 0.15) is 12.5 Å². The van der Waals surface area contributed by atoms with Crippen molar-refractivity contribution in [3.63, 3.8) is 0 Å². The van der Waals surface area contributed by atoms with E-state index >= 15 is 0 Å². The second-order valence-corrected chi connectivity index (χ2v) is 2.52. The summed E-state index contributed by atoms with van der Waals surface area (Å²) in [7, 11) is 0. The van der Waals surface area contributed by atoms with Crippen LogP contribution in [0.2, 0.25) is 5.15 Å². The first-order valence-electron chi connectivity index (χ1n) is 3.57. The van der Waals surface area contributed by atoms with Crippen LogP contribution in [0, 0.1) is 5.41 Å². The highest BCUT2D eigenvalue weighted by atomic mass is 35.5. The maximum Gasteiger partial charge on any atom is 0.214 e. The van der Waals surface area contributed by atoms with Crippen molar-refractivity contribution in [1.82, 2.24) is 4.98 Å². The summed E-state index contributed by atoms with van der Waals surface area (Å²) in [4.78, 5) is 3.83. The second kappa shape index (κ2) is 5.78. The number of hydrogen-bond acceptors (Lipinski definition) is 3. The molecule has 0 radical (unpaired) electrons. The standard InChI is InChI=1S/C8H9ClN2O.ClH/c1-2-12-8(10)6-3-4-7(9)11-5-6;/h3-5,10H,2H2,1H3;1H. The van der Waals surface area contributed by atoms with Gasteiger partial charge >= 0.3 is 0 Å². The molecular formula is C8H10Cl2N2O. The maximum absolute atomic E-state index is 7.39. The molecule has 0 saturated carbocycles. The van der Waals surface area contributed by atoms with Gasteiger partial charge in [0.05, 0.1) is 12.2 Å². The van der Waals surface area contributed by atoms with Crippen LogP contribution in [0.3, 0.4) is 0 Å². The van der Waals surface area contributed by atoms with Gasteiger partial charge in [0.2, 0.25) is 5.90 Å². The Hall–Kier alpha value is -0.800. The van der Waals surface area contributed by atoms with E-state index in [0.717, 1.165) is 0 Å². The van der Waals surface area contributed by atoms with E-state index in [1.54, 1.807) is 12.1 Å². The second-order valence-electron chi connectivity index (χ2n) is 2.13. The molecule has 0 fully saturated rings. The van der Waals surface area contributed by atoms with Gasteiger partial charge in [-0.1, -0.05) is 11.6 Å². The fraction of sp³-hybridized carbons (Fsp3) is 0.250. The maximum atomic E-state index is 7.39. The molecule has 0 amide bonds. The molecule has 72 valence electrons. The zero-order chi connectivity index (χ0) is 8.97. The highest BCUT2D eigenvalue weighted by molar-refractivity contribution is 6.29. The van der Waals surface area contributed by atoms with Crippen LogP contribution in [-0.4, -0.2) is 17.5 Å². The first-order chi connectivity index (χ1) is 5.74. The Morgan fingerprint density at radius 1 is 1.62 bits per heavy atom. The molecular weight excluding hydrogens is 211 g/mol. The molecule has 1 rings (SSSR count). The summed E-state index contributed by atoms with van der Waals surface area (Å²) in [6.45, 7) is 2.32. The molecule has 0 aliphatic heterocycles. The molecule has 0 aliphatic rings. The average Bonchev–Trinajstić information content (AvgIpc) is 2.06. The summed E-state index contributed by atoms with van der Waals surface area (Å²) in [5, 5.41) is 7.81. The molecule has 1 aromatic rings. The number of hydrogen-bond donors (Lipinski definition) is 1. The number of ether oxygens (including phenoxy) is 1. The van der Waals surface area contributed by atoms with Crippen LogP contribution in [0.5, 0.6) is 0 Å². The lowest BCUT2D eigenvalue weighted by Crippen LogP contribution is -2.04. The van der Waals surface area contributed by atoms with Crippen LogP contribution in [-0.2, 0) is 4.74 Å². The van der Waals surface area contributed by atoms with Crippen molar-refractivity contribution in [2.24, 2.45) is 0 Å². The summed E-state index contributed by atoms with van der Waals surface area (Å²) in [5.41, 5.74) is 0.640. The molecule has 1 N–H and O–H groups in total.